The van der Waals surface area contributed by atoms with Gasteiger partial charge in [-0.3, -0.25) is 0 Å². The van der Waals surface area contributed by atoms with Crippen LogP contribution in [0.15, 0.2) is 0 Å². The average Bonchev–Trinajstić information content (AvgIpc) is 2.82. The summed E-state index contributed by atoms with van der Waals surface area (Å²) < 4.78 is 26.5. The van der Waals surface area contributed by atoms with Crippen molar-refractivity contribution in [3.05, 3.63) is 0 Å². The predicted octanol–water partition coefficient (Wildman–Crippen LogP) is 7.43. The molecule has 4 saturated carbocycles. The lowest BCUT2D eigenvalue weighted by Crippen LogP contribution is -2.38. The summed E-state index contributed by atoms with van der Waals surface area (Å²) in [5.74, 6) is 0. The predicted molar refractivity (Wildman–Crippen MR) is 124 cm³/mol. The highest BCUT2D eigenvalue weighted by atomic mass is 16.7. The molecule has 4 rings (SSSR count). The van der Waals surface area contributed by atoms with Crippen LogP contribution in [0.25, 0.3) is 0 Å². The second kappa shape index (κ2) is 13.5. The largest absolute Gasteiger partial charge is 0.349 e. The Kier molecular flexibility index (Phi) is 10.5. The van der Waals surface area contributed by atoms with Gasteiger partial charge in [-0.2, -0.15) is 0 Å². The van der Waals surface area contributed by atoms with E-state index >= 15 is 0 Å². The SMILES string of the molecule is C1CCC(OC(CC(OC2CCCCC2)OC2CCCCC2)OC2CCCCC2)CC1. The molecule has 4 aliphatic rings. The Morgan fingerprint density at radius 1 is 0.355 bits per heavy atom. The fourth-order valence-electron chi connectivity index (χ4n) is 6.11. The second-order valence-corrected chi connectivity index (χ2v) is 10.7. The molecule has 4 aliphatic carbocycles. The smallest absolute Gasteiger partial charge is 0.163 e. The highest BCUT2D eigenvalue weighted by Gasteiger charge is 2.31. The van der Waals surface area contributed by atoms with E-state index in [1.165, 1.54) is 128 Å². The van der Waals surface area contributed by atoms with E-state index in [0.717, 1.165) is 6.42 Å². The minimum atomic E-state index is -0.177. The summed E-state index contributed by atoms with van der Waals surface area (Å²) in [5.41, 5.74) is 0. The van der Waals surface area contributed by atoms with Crippen molar-refractivity contribution in [3.8, 4) is 0 Å². The third-order valence-electron chi connectivity index (χ3n) is 7.97. The summed E-state index contributed by atoms with van der Waals surface area (Å²) >= 11 is 0. The molecule has 4 heteroatoms. The van der Waals surface area contributed by atoms with Crippen molar-refractivity contribution in [3.63, 3.8) is 0 Å². The zero-order valence-electron chi connectivity index (χ0n) is 19.9. The molecule has 4 fully saturated rings. The second-order valence-electron chi connectivity index (χ2n) is 10.7. The van der Waals surface area contributed by atoms with Crippen molar-refractivity contribution in [2.45, 2.75) is 172 Å². The van der Waals surface area contributed by atoms with Gasteiger partial charge in [-0.25, -0.2) is 0 Å². The summed E-state index contributed by atoms with van der Waals surface area (Å²) in [4.78, 5) is 0. The number of hydrogen-bond donors (Lipinski definition) is 0. The Bertz CT molecular complexity index is 378. The van der Waals surface area contributed by atoms with E-state index in [-0.39, 0.29) is 12.6 Å². The molecule has 0 aliphatic heterocycles. The third-order valence-corrected chi connectivity index (χ3v) is 7.97. The van der Waals surface area contributed by atoms with Crippen LogP contribution in [0.2, 0.25) is 0 Å². The Balaban J connectivity index is 1.38. The fraction of sp³-hybridized carbons (Fsp3) is 1.00. The normalized spacial score (nSPS) is 26.1. The first-order valence-corrected chi connectivity index (χ1v) is 14.0. The van der Waals surface area contributed by atoms with Crippen molar-refractivity contribution in [1.29, 1.82) is 0 Å². The van der Waals surface area contributed by atoms with Gasteiger partial charge in [-0.1, -0.05) is 77.0 Å². The maximum absolute atomic E-state index is 6.62. The van der Waals surface area contributed by atoms with Crippen LogP contribution < -0.4 is 0 Å². The third kappa shape index (κ3) is 8.61. The maximum Gasteiger partial charge on any atom is 0.163 e. The van der Waals surface area contributed by atoms with Gasteiger partial charge in [-0.05, 0) is 51.4 Å². The topological polar surface area (TPSA) is 36.9 Å². The minimum Gasteiger partial charge on any atom is -0.349 e. The summed E-state index contributed by atoms with van der Waals surface area (Å²) in [7, 11) is 0. The first-order valence-electron chi connectivity index (χ1n) is 14.0. The molecule has 0 aromatic rings. The summed E-state index contributed by atoms with van der Waals surface area (Å²) in [6.45, 7) is 0. The Morgan fingerprint density at radius 2 is 0.581 bits per heavy atom. The van der Waals surface area contributed by atoms with Crippen LogP contribution in [0.5, 0.6) is 0 Å². The van der Waals surface area contributed by atoms with Gasteiger partial charge in [-0.15, -0.1) is 0 Å². The molecule has 0 aromatic carbocycles. The quantitative estimate of drug-likeness (QED) is 0.334. The fourth-order valence-corrected chi connectivity index (χ4v) is 6.11. The van der Waals surface area contributed by atoms with Crippen molar-refractivity contribution in [1.82, 2.24) is 0 Å². The van der Waals surface area contributed by atoms with Crippen molar-refractivity contribution in [2.75, 3.05) is 0 Å². The van der Waals surface area contributed by atoms with Gasteiger partial charge >= 0.3 is 0 Å². The molecule has 31 heavy (non-hydrogen) atoms. The van der Waals surface area contributed by atoms with Crippen molar-refractivity contribution >= 4 is 0 Å². The van der Waals surface area contributed by atoms with Crippen molar-refractivity contribution in [2.24, 2.45) is 0 Å². The van der Waals surface area contributed by atoms with Crippen LogP contribution in [0.3, 0.4) is 0 Å². The Morgan fingerprint density at radius 3 is 0.806 bits per heavy atom. The van der Waals surface area contributed by atoms with Gasteiger partial charge in [0.15, 0.2) is 12.6 Å². The van der Waals surface area contributed by atoms with Gasteiger partial charge in [0.1, 0.15) is 0 Å². The first-order chi connectivity index (χ1) is 15.3. The lowest BCUT2D eigenvalue weighted by Gasteiger charge is -2.36. The number of ether oxygens (including phenoxy) is 4. The molecule has 0 spiro atoms. The number of rotatable bonds is 10. The summed E-state index contributed by atoms with van der Waals surface area (Å²) in [5, 5.41) is 0. The van der Waals surface area contributed by atoms with Crippen LogP contribution in [-0.2, 0) is 18.9 Å². The van der Waals surface area contributed by atoms with E-state index in [9.17, 15) is 0 Å². The van der Waals surface area contributed by atoms with Crippen LogP contribution in [0.4, 0.5) is 0 Å². The van der Waals surface area contributed by atoms with Gasteiger partial charge in [0.2, 0.25) is 0 Å². The molecule has 0 atom stereocenters. The first kappa shape index (κ1) is 24.0. The average molecular weight is 437 g/mol. The van der Waals surface area contributed by atoms with E-state index < -0.39 is 0 Å². The molecule has 0 aromatic heterocycles. The standard InChI is InChI=1S/C27H48O4/c1-5-13-22(14-6-1)28-26(29-23-15-7-2-8-16-23)21-27(30-24-17-9-3-10-18-24)31-25-19-11-4-12-20-25/h22-27H,1-21H2. The van der Waals surface area contributed by atoms with Crippen LogP contribution >= 0.6 is 0 Å². The van der Waals surface area contributed by atoms with Gasteiger partial charge in [0.05, 0.1) is 24.4 Å². The Labute approximate surface area is 191 Å². The number of hydrogen-bond acceptors (Lipinski definition) is 4. The Hall–Kier alpha value is -0.160. The van der Waals surface area contributed by atoms with E-state index in [4.69, 9.17) is 18.9 Å². The van der Waals surface area contributed by atoms with E-state index in [0.29, 0.717) is 24.4 Å². The molecular weight excluding hydrogens is 388 g/mol. The van der Waals surface area contributed by atoms with Gasteiger partial charge in [0, 0.05) is 6.42 Å². The molecule has 0 amide bonds. The lowest BCUT2D eigenvalue weighted by atomic mass is 9.97. The maximum atomic E-state index is 6.62. The van der Waals surface area contributed by atoms with Gasteiger partial charge in [0.25, 0.3) is 0 Å². The molecular formula is C27H48O4. The lowest BCUT2D eigenvalue weighted by molar-refractivity contribution is -0.264. The highest BCUT2D eigenvalue weighted by molar-refractivity contribution is 4.73. The van der Waals surface area contributed by atoms with E-state index in [2.05, 4.69) is 0 Å². The molecule has 0 bridgehead atoms. The molecule has 4 nitrogen and oxygen atoms in total. The molecule has 0 unspecified atom stereocenters. The molecule has 0 saturated heterocycles. The van der Waals surface area contributed by atoms with Gasteiger partial charge < -0.3 is 18.9 Å². The molecule has 0 heterocycles. The van der Waals surface area contributed by atoms with E-state index in [1.807, 2.05) is 0 Å². The minimum absolute atomic E-state index is 0.177. The van der Waals surface area contributed by atoms with Crippen LogP contribution in [-0.4, -0.2) is 37.0 Å². The summed E-state index contributed by atoms with van der Waals surface area (Å²) in [6.07, 6.45) is 27.0. The molecule has 180 valence electrons. The highest BCUT2D eigenvalue weighted by Crippen LogP contribution is 2.31. The zero-order chi connectivity index (χ0) is 21.1. The van der Waals surface area contributed by atoms with Crippen molar-refractivity contribution < 1.29 is 18.9 Å². The molecule has 0 N–H and O–H groups in total. The molecule has 0 radical (unpaired) electrons. The van der Waals surface area contributed by atoms with E-state index in [1.54, 1.807) is 0 Å². The zero-order valence-corrected chi connectivity index (χ0v) is 19.9. The monoisotopic (exact) mass is 436 g/mol. The van der Waals surface area contributed by atoms with Crippen LogP contribution in [0.1, 0.15) is 135 Å². The van der Waals surface area contributed by atoms with Crippen LogP contribution in [0, 0.1) is 0 Å². The summed E-state index contributed by atoms with van der Waals surface area (Å²) in [6, 6.07) is 0.